The van der Waals surface area contributed by atoms with Gasteiger partial charge in [0.25, 0.3) is 0 Å². The molecule has 0 saturated carbocycles. The maximum atomic E-state index is 11.0. The molecule has 0 aliphatic heterocycles. The molecule has 32 heavy (non-hydrogen) atoms. The summed E-state index contributed by atoms with van der Waals surface area (Å²) in [5, 5.41) is 41.7. The molecule has 12 heteroatoms. The standard InChI is InChI=1S/C20H52N10O2/c21-3-1-7-27-15-17(31)19(29-8-2-4-22)20(30-14-13-26-10-6-24)18(32)16-28-12-11-25-9-5-23/h17-20,25-32H,1-16,21-24H2. The number of hydrogen-bond acceptors (Lipinski definition) is 12. The van der Waals surface area contributed by atoms with Crippen LogP contribution in [-0.4, -0.2) is 126 Å². The van der Waals surface area contributed by atoms with Crippen molar-refractivity contribution < 1.29 is 10.2 Å². The number of hydrogen-bond donors (Lipinski definition) is 12. The lowest BCUT2D eigenvalue weighted by atomic mass is 9.96. The van der Waals surface area contributed by atoms with Crippen molar-refractivity contribution in [3.8, 4) is 0 Å². The van der Waals surface area contributed by atoms with Crippen molar-refractivity contribution in [3.05, 3.63) is 0 Å². The van der Waals surface area contributed by atoms with E-state index in [0.717, 1.165) is 52.1 Å². The molecule has 0 bridgehead atoms. The van der Waals surface area contributed by atoms with E-state index in [0.29, 0.717) is 52.4 Å². The second-order valence-electron chi connectivity index (χ2n) is 7.86. The zero-order chi connectivity index (χ0) is 23.9. The van der Waals surface area contributed by atoms with Crippen molar-refractivity contribution >= 4 is 0 Å². The first-order chi connectivity index (χ1) is 15.6. The molecule has 0 radical (unpaired) electrons. The molecule has 0 heterocycles. The summed E-state index contributed by atoms with van der Waals surface area (Å²) in [6.45, 7) is 8.90. The molecule has 0 aromatic carbocycles. The van der Waals surface area contributed by atoms with E-state index < -0.39 is 12.2 Å². The van der Waals surface area contributed by atoms with E-state index in [1.807, 2.05) is 0 Å². The monoisotopic (exact) mass is 464 g/mol. The topological polar surface area (TPSA) is 217 Å². The highest BCUT2D eigenvalue weighted by Gasteiger charge is 2.32. The lowest BCUT2D eigenvalue weighted by molar-refractivity contribution is 0.0485. The first-order valence-electron chi connectivity index (χ1n) is 12.1. The Labute approximate surface area is 194 Å². The van der Waals surface area contributed by atoms with E-state index in [1.54, 1.807) is 0 Å². The van der Waals surface area contributed by atoms with Gasteiger partial charge in [-0.25, -0.2) is 0 Å². The highest BCUT2D eigenvalue weighted by atomic mass is 16.3. The number of aliphatic hydroxyl groups excluding tert-OH is 2. The van der Waals surface area contributed by atoms with Gasteiger partial charge >= 0.3 is 0 Å². The minimum absolute atomic E-state index is 0.353. The maximum absolute atomic E-state index is 11.0. The largest absolute Gasteiger partial charge is 0.390 e. The Morgan fingerprint density at radius 3 is 1.44 bits per heavy atom. The van der Waals surface area contributed by atoms with Gasteiger partial charge in [0.05, 0.1) is 24.3 Å². The van der Waals surface area contributed by atoms with Crippen LogP contribution in [-0.2, 0) is 0 Å². The summed E-state index contributed by atoms with van der Waals surface area (Å²) in [6, 6.07) is -0.711. The Balaban J connectivity index is 4.96. The van der Waals surface area contributed by atoms with E-state index >= 15 is 0 Å². The van der Waals surface area contributed by atoms with E-state index in [1.165, 1.54) is 0 Å². The Hall–Kier alpha value is -0.480. The maximum Gasteiger partial charge on any atom is 0.0833 e. The smallest absolute Gasteiger partial charge is 0.0833 e. The Morgan fingerprint density at radius 1 is 0.469 bits per heavy atom. The third kappa shape index (κ3) is 17.1. The second-order valence-corrected chi connectivity index (χ2v) is 7.86. The highest BCUT2D eigenvalue weighted by molar-refractivity contribution is 4.94. The molecule has 194 valence electrons. The third-order valence-electron chi connectivity index (χ3n) is 5.04. The molecule has 0 aliphatic rings. The fourth-order valence-corrected chi connectivity index (χ4v) is 3.31. The first kappa shape index (κ1) is 31.5. The van der Waals surface area contributed by atoms with Crippen LogP contribution >= 0.6 is 0 Å². The molecule has 0 saturated heterocycles. The van der Waals surface area contributed by atoms with Gasteiger partial charge < -0.3 is 65.0 Å². The van der Waals surface area contributed by atoms with Crippen molar-refractivity contribution in [1.29, 1.82) is 0 Å². The summed E-state index contributed by atoms with van der Waals surface area (Å²) in [5.74, 6) is 0. The molecule has 0 spiro atoms. The van der Waals surface area contributed by atoms with Gasteiger partial charge in [-0.15, -0.1) is 0 Å². The van der Waals surface area contributed by atoms with Crippen molar-refractivity contribution in [1.82, 2.24) is 31.9 Å². The molecule has 0 aromatic rings. The van der Waals surface area contributed by atoms with Gasteiger partial charge in [0.2, 0.25) is 0 Å². The molecule has 12 nitrogen and oxygen atoms in total. The van der Waals surface area contributed by atoms with E-state index in [-0.39, 0.29) is 12.1 Å². The van der Waals surface area contributed by atoms with Crippen molar-refractivity contribution in [2.24, 2.45) is 22.9 Å². The van der Waals surface area contributed by atoms with Crippen LogP contribution in [0.1, 0.15) is 12.8 Å². The van der Waals surface area contributed by atoms with E-state index in [4.69, 9.17) is 22.9 Å². The molecule has 0 amide bonds. The summed E-state index contributed by atoms with van der Waals surface area (Å²) in [6.07, 6.45) is 0.237. The van der Waals surface area contributed by atoms with Gasteiger partial charge in [0.15, 0.2) is 0 Å². The molecule has 4 atom stereocenters. The number of aliphatic hydroxyl groups is 2. The van der Waals surface area contributed by atoms with Crippen LogP contribution in [0.2, 0.25) is 0 Å². The quantitative estimate of drug-likeness (QED) is 0.0570. The van der Waals surface area contributed by atoms with Crippen LogP contribution in [0.5, 0.6) is 0 Å². The summed E-state index contributed by atoms with van der Waals surface area (Å²) in [4.78, 5) is 0. The summed E-state index contributed by atoms with van der Waals surface area (Å²) in [5.41, 5.74) is 22.2. The van der Waals surface area contributed by atoms with Gasteiger partial charge in [0, 0.05) is 65.4 Å². The lowest BCUT2D eigenvalue weighted by Crippen LogP contribution is -2.63. The van der Waals surface area contributed by atoms with Crippen LogP contribution in [0.25, 0.3) is 0 Å². The van der Waals surface area contributed by atoms with Crippen molar-refractivity contribution in [2.45, 2.75) is 37.1 Å². The third-order valence-corrected chi connectivity index (χ3v) is 5.04. The Bertz CT molecular complexity index is 384. The Morgan fingerprint density at radius 2 is 0.906 bits per heavy atom. The van der Waals surface area contributed by atoms with Crippen molar-refractivity contribution in [2.75, 3.05) is 91.6 Å². The molecule has 0 rings (SSSR count). The average molecular weight is 465 g/mol. The fraction of sp³-hybridized carbons (Fsp3) is 1.00. The zero-order valence-electron chi connectivity index (χ0n) is 19.8. The molecular weight excluding hydrogens is 412 g/mol. The van der Waals surface area contributed by atoms with E-state index in [2.05, 4.69) is 31.9 Å². The number of nitrogens with one attached hydrogen (secondary N) is 6. The lowest BCUT2D eigenvalue weighted by Gasteiger charge is -2.36. The summed E-state index contributed by atoms with van der Waals surface area (Å²) < 4.78 is 0. The fourth-order valence-electron chi connectivity index (χ4n) is 3.31. The van der Waals surface area contributed by atoms with Gasteiger partial charge in [-0.1, -0.05) is 0 Å². The first-order valence-corrected chi connectivity index (χ1v) is 12.1. The van der Waals surface area contributed by atoms with Gasteiger partial charge in [-0.3, -0.25) is 0 Å². The number of nitrogens with two attached hydrogens (primary N) is 4. The van der Waals surface area contributed by atoms with Crippen molar-refractivity contribution in [3.63, 3.8) is 0 Å². The van der Waals surface area contributed by atoms with Gasteiger partial charge in [-0.05, 0) is 39.0 Å². The summed E-state index contributed by atoms with van der Waals surface area (Å²) >= 11 is 0. The second kappa shape index (κ2) is 23.7. The van der Waals surface area contributed by atoms with E-state index in [9.17, 15) is 10.2 Å². The molecule has 16 N–H and O–H groups in total. The van der Waals surface area contributed by atoms with Crippen LogP contribution in [0, 0.1) is 0 Å². The summed E-state index contributed by atoms with van der Waals surface area (Å²) in [7, 11) is 0. The van der Waals surface area contributed by atoms with Crippen LogP contribution in [0.4, 0.5) is 0 Å². The molecule has 0 aromatic heterocycles. The minimum Gasteiger partial charge on any atom is -0.390 e. The van der Waals surface area contributed by atoms with Crippen LogP contribution in [0.15, 0.2) is 0 Å². The molecule has 4 unspecified atom stereocenters. The average Bonchev–Trinajstić information content (AvgIpc) is 2.79. The van der Waals surface area contributed by atoms with Crippen LogP contribution in [0.3, 0.4) is 0 Å². The van der Waals surface area contributed by atoms with Gasteiger partial charge in [-0.2, -0.15) is 0 Å². The molecule has 0 fully saturated rings. The Kier molecular flexibility index (Phi) is 23.3. The SMILES string of the molecule is NCCCNCC(O)C(NCCCN)C(NCCNCCN)C(O)CNCCNCCN. The minimum atomic E-state index is -0.701. The molecular formula is C20H52N10O2. The zero-order valence-corrected chi connectivity index (χ0v) is 19.8. The van der Waals surface area contributed by atoms with Gasteiger partial charge in [0.1, 0.15) is 0 Å². The predicted molar refractivity (Wildman–Crippen MR) is 133 cm³/mol. The number of rotatable bonds is 25. The normalized spacial score (nSPS) is 15.6. The highest BCUT2D eigenvalue weighted by Crippen LogP contribution is 2.06. The predicted octanol–water partition coefficient (Wildman–Crippen LogP) is -5.40. The van der Waals surface area contributed by atoms with Crippen LogP contribution < -0.4 is 54.8 Å². The molecule has 0 aliphatic carbocycles.